The summed E-state index contributed by atoms with van der Waals surface area (Å²) >= 11 is 3.49. The maximum atomic E-state index is 9.87. The Morgan fingerprint density at radius 2 is 1.83 bits per heavy atom. The lowest BCUT2D eigenvalue weighted by Crippen LogP contribution is -2.44. The van der Waals surface area contributed by atoms with Crippen LogP contribution in [0.2, 0.25) is 0 Å². The molecule has 2 aromatic carbocycles. The fraction of sp³-hybridized carbons (Fsp3) is 0.333. The monoisotopic (exact) mass is 377 g/mol. The molecule has 0 spiro atoms. The summed E-state index contributed by atoms with van der Waals surface area (Å²) in [7, 11) is 3.36. The summed E-state index contributed by atoms with van der Waals surface area (Å²) in [6.07, 6.45) is 0. The summed E-state index contributed by atoms with van der Waals surface area (Å²) in [4.78, 5) is 2.31. The predicted octanol–water partition coefficient (Wildman–Crippen LogP) is 3.77. The summed E-state index contributed by atoms with van der Waals surface area (Å²) in [5.41, 5.74) is 2.13. The third-order valence-corrected chi connectivity index (χ3v) is 4.91. The molecule has 1 fully saturated rings. The van der Waals surface area contributed by atoms with E-state index in [2.05, 4.69) is 20.8 Å². The number of likely N-dealkylation sites (tertiary alicyclic amines) is 1. The van der Waals surface area contributed by atoms with E-state index in [1.165, 1.54) is 5.56 Å². The summed E-state index contributed by atoms with van der Waals surface area (Å²) in [5.74, 6) is 2.47. The molecule has 2 aromatic rings. The zero-order chi connectivity index (χ0) is 16.4. The van der Waals surface area contributed by atoms with Crippen molar-refractivity contribution >= 4 is 15.9 Å². The second kappa shape index (κ2) is 6.81. The molecule has 0 bridgehead atoms. The predicted molar refractivity (Wildman–Crippen MR) is 93.4 cm³/mol. The Morgan fingerprint density at radius 3 is 2.48 bits per heavy atom. The lowest BCUT2D eigenvalue weighted by molar-refractivity contribution is 0.136. The first-order chi connectivity index (χ1) is 11.1. The molecule has 0 aromatic heterocycles. The van der Waals surface area contributed by atoms with E-state index in [1.54, 1.807) is 20.3 Å². The van der Waals surface area contributed by atoms with E-state index in [9.17, 15) is 5.11 Å². The molecule has 0 amide bonds. The summed E-state index contributed by atoms with van der Waals surface area (Å²) in [5, 5.41) is 9.87. The van der Waals surface area contributed by atoms with Gasteiger partial charge in [0.25, 0.3) is 0 Å². The van der Waals surface area contributed by atoms with Gasteiger partial charge in [-0.25, -0.2) is 0 Å². The smallest absolute Gasteiger partial charge is 0.133 e. The third kappa shape index (κ3) is 3.31. The molecule has 0 radical (unpaired) electrons. The van der Waals surface area contributed by atoms with Crippen LogP contribution in [0.5, 0.6) is 17.2 Å². The van der Waals surface area contributed by atoms with Crippen LogP contribution in [-0.4, -0.2) is 37.3 Å². The Labute approximate surface area is 144 Å². The van der Waals surface area contributed by atoms with Gasteiger partial charge in [0.15, 0.2) is 0 Å². The van der Waals surface area contributed by atoms with E-state index in [0.717, 1.165) is 41.2 Å². The van der Waals surface area contributed by atoms with Crippen LogP contribution in [0.1, 0.15) is 17.0 Å². The second-order valence-corrected chi connectivity index (χ2v) is 6.60. The molecular formula is C18H20BrNO3. The van der Waals surface area contributed by atoms with E-state index in [-0.39, 0.29) is 0 Å². The number of phenolic OH excluding ortho intramolecular Hbond substituents is 1. The number of nitrogens with zero attached hydrogens (tertiary/aromatic N) is 1. The summed E-state index contributed by atoms with van der Waals surface area (Å²) in [6, 6.07) is 11.5. The number of methoxy groups -OCH3 is 2. The maximum absolute atomic E-state index is 9.87. The molecule has 1 aliphatic heterocycles. The first-order valence-electron chi connectivity index (χ1n) is 7.53. The normalized spacial score (nSPS) is 15.3. The van der Waals surface area contributed by atoms with Crippen molar-refractivity contribution in [2.45, 2.75) is 12.5 Å². The SMILES string of the molecule is COc1cc(C2CN(Cc3ccccc3O)C2)c(OC)cc1Br. The van der Waals surface area contributed by atoms with Crippen LogP contribution < -0.4 is 9.47 Å². The number of phenols is 1. The van der Waals surface area contributed by atoms with Crippen LogP contribution in [0.4, 0.5) is 0 Å². The first kappa shape index (κ1) is 16.1. The summed E-state index contributed by atoms with van der Waals surface area (Å²) < 4.78 is 11.8. The molecule has 122 valence electrons. The molecule has 0 atom stereocenters. The lowest BCUT2D eigenvalue weighted by atomic mass is 9.90. The molecule has 4 nitrogen and oxygen atoms in total. The van der Waals surface area contributed by atoms with Crippen LogP contribution in [0.25, 0.3) is 0 Å². The van der Waals surface area contributed by atoms with E-state index in [1.807, 2.05) is 30.3 Å². The molecule has 1 N–H and O–H groups in total. The van der Waals surface area contributed by atoms with Crippen molar-refractivity contribution in [2.24, 2.45) is 0 Å². The van der Waals surface area contributed by atoms with Crippen molar-refractivity contribution < 1.29 is 14.6 Å². The molecule has 0 aliphatic carbocycles. The van der Waals surface area contributed by atoms with Crippen molar-refractivity contribution in [3.63, 3.8) is 0 Å². The highest BCUT2D eigenvalue weighted by atomic mass is 79.9. The van der Waals surface area contributed by atoms with Gasteiger partial charge in [-0.15, -0.1) is 0 Å². The Morgan fingerprint density at radius 1 is 1.13 bits per heavy atom. The van der Waals surface area contributed by atoms with Gasteiger partial charge < -0.3 is 14.6 Å². The second-order valence-electron chi connectivity index (χ2n) is 5.75. The zero-order valence-electron chi connectivity index (χ0n) is 13.3. The van der Waals surface area contributed by atoms with Crippen molar-refractivity contribution in [3.8, 4) is 17.2 Å². The highest BCUT2D eigenvalue weighted by molar-refractivity contribution is 9.10. The van der Waals surface area contributed by atoms with Crippen LogP contribution >= 0.6 is 15.9 Å². The fourth-order valence-corrected chi connectivity index (χ4v) is 3.47. The molecule has 23 heavy (non-hydrogen) atoms. The van der Waals surface area contributed by atoms with Gasteiger partial charge in [-0.2, -0.15) is 0 Å². The van der Waals surface area contributed by atoms with Crippen LogP contribution in [0, 0.1) is 0 Å². The molecule has 3 rings (SSSR count). The molecule has 0 saturated carbocycles. The largest absolute Gasteiger partial charge is 0.508 e. The minimum Gasteiger partial charge on any atom is -0.508 e. The quantitative estimate of drug-likeness (QED) is 0.860. The highest BCUT2D eigenvalue weighted by Gasteiger charge is 2.31. The van der Waals surface area contributed by atoms with Gasteiger partial charge in [-0.1, -0.05) is 18.2 Å². The number of hydrogen-bond donors (Lipinski definition) is 1. The highest BCUT2D eigenvalue weighted by Crippen LogP contribution is 2.40. The van der Waals surface area contributed by atoms with Gasteiger partial charge in [0.1, 0.15) is 17.2 Å². The van der Waals surface area contributed by atoms with Gasteiger partial charge >= 0.3 is 0 Å². The number of ether oxygens (including phenoxy) is 2. The van der Waals surface area contributed by atoms with Gasteiger partial charge in [0.05, 0.1) is 18.7 Å². The number of aromatic hydroxyl groups is 1. The minimum atomic E-state index is 0.360. The summed E-state index contributed by atoms with van der Waals surface area (Å²) in [6.45, 7) is 2.64. The van der Waals surface area contributed by atoms with E-state index in [0.29, 0.717) is 11.7 Å². The molecule has 1 heterocycles. The number of rotatable bonds is 5. The molecule has 1 aliphatic rings. The van der Waals surface area contributed by atoms with E-state index >= 15 is 0 Å². The maximum Gasteiger partial charge on any atom is 0.133 e. The number of para-hydroxylation sites is 1. The van der Waals surface area contributed by atoms with E-state index in [4.69, 9.17) is 9.47 Å². The molecule has 0 unspecified atom stereocenters. The Hall–Kier alpha value is -1.72. The van der Waals surface area contributed by atoms with E-state index < -0.39 is 0 Å². The lowest BCUT2D eigenvalue weighted by Gasteiger charge is -2.40. The Kier molecular flexibility index (Phi) is 4.78. The molecular weight excluding hydrogens is 358 g/mol. The van der Waals surface area contributed by atoms with Gasteiger partial charge in [0.2, 0.25) is 0 Å². The Bertz CT molecular complexity index is 699. The molecule has 5 heteroatoms. The fourth-order valence-electron chi connectivity index (χ4n) is 2.98. The van der Waals surface area contributed by atoms with Crippen molar-refractivity contribution in [1.29, 1.82) is 0 Å². The average Bonchev–Trinajstić information content (AvgIpc) is 2.52. The van der Waals surface area contributed by atoms with Crippen molar-refractivity contribution in [2.75, 3.05) is 27.3 Å². The van der Waals surface area contributed by atoms with Crippen LogP contribution in [0.3, 0.4) is 0 Å². The van der Waals surface area contributed by atoms with Crippen molar-refractivity contribution in [1.82, 2.24) is 4.90 Å². The van der Waals surface area contributed by atoms with Gasteiger partial charge in [-0.05, 0) is 34.1 Å². The first-order valence-corrected chi connectivity index (χ1v) is 8.32. The number of halogens is 1. The standard InChI is InChI=1S/C18H20BrNO3/c1-22-17-8-15(19)18(23-2)7-14(17)13-10-20(11-13)9-12-5-3-4-6-16(12)21/h3-8,13,21H,9-11H2,1-2H3. The van der Waals surface area contributed by atoms with Crippen LogP contribution in [-0.2, 0) is 6.54 Å². The van der Waals surface area contributed by atoms with Gasteiger partial charge in [0, 0.05) is 36.7 Å². The average molecular weight is 378 g/mol. The topological polar surface area (TPSA) is 41.9 Å². The zero-order valence-corrected chi connectivity index (χ0v) is 14.8. The van der Waals surface area contributed by atoms with Crippen LogP contribution in [0.15, 0.2) is 40.9 Å². The third-order valence-electron chi connectivity index (χ3n) is 4.29. The Balaban J connectivity index is 1.70. The molecule has 1 saturated heterocycles. The number of benzene rings is 2. The minimum absolute atomic E-state index is 0.360. The van der Waals surface area contributed by atoms with Crippen molar-refractivity contribution in [3.05, 3.63) is 52.0 Å². The van der Waals surface area contributed by atoms with Gasteiger partial charge in [-0.3, -0.25) is 4.90 Å². The number of hydrogen-bond acceptors (Lipinski definition) is 4.